The smallest absolute Gasteiger partial charge is 0.338 e. The molecule has 0 aromatic heterocycles. The van der Waals surface area contributed by atoms with Gasteiger partial charge in [0, 0.05) is 17.8 Å². The van der Waals surface area contributed by atoms with Crippen LogP contribution in [0.25, 0.3) is 0 Å². The van der Waals surface area contributed by atoms with Gasteiger partial charge >= 0.3 is 5.97 Å². The number of alkyl halides is 1. The van der Waals surface area contributed by atoms with Gasteiger partial charge in [-0.25, -0.2) is 22.7 Å². The maximum Gasteiger partial charge on any atom is 0.338 e. The van der Waals surface area contributed by atoms with E-state index in [4.69, 9.17) is 9.88 Å². The highest BCUT2D eigenvalue weighted by Gasteiger charge is 2.61. The number of hydrogen-bond donors (Lipinski definition) is 2. The first kappa shape index (κ1) is 24.0. The summed E-state index contributed by atoms with van der Waals surface area (Å²) >= 11 is 0. The molecule has 8 heteroatoms. The Morgan fingerprint density at radius 2 is 1.94 bits per heavy atom. The number of nitrogens with two attached hydrogens (primary N) is 1. The normalized spacial score (nSPS) is 33.8. The van der Waals surface area contributed by atoms with Gasteiger partial charge in [0.15, 0.2) is 0 Å². The molecule has 2 aromatic carbocycles. The van der Waals surface area contributed by atoms with Gasteiger partial charge in [-0.05, 0) is 84.5 Å². The molecule has 0 amide bonds. The number of phenolic OH excluding ortho intramolecular Hbond substituents is 1. The maximum absolute atomic E-state index is 15.9. The second-order valence-electron chi connectivity index (χ2n) is 10.6. The fourth-order valence-electron chi connectivity index (χ4n) is 7.08. The van der Waals surface area contributed by atoms with E-state index in [0.29, 0.717) is 12.8 Å². The van der Waals surface area contributed by atoms with Crippen LogP contribution in [-0.4, -0.2) is 31.8 Å². The third-order valence-electron chi connectivity index (χ3n) is 8.70. The van der Waals surface area contributed by atoms with Crippen molar-refractivity contribution in [2.24, 2.45) is 22.4 Å². The van der Waals surface area contributed by atoms with Crippen molar-refractivity contribution in [3.05, 3.63) is 71.8 Å². The zero-order valence-electron chi connectivity index (χ0n) is 19.6. The second kappa shape index (κ2) is 8.17. The molecule has 35 heavy (non-hydrogen) atoms. The minimum Gasteiger partial charge on any atom is -0.508 e. The third kappa shape index (κ3) is 3.87. The van der Waals surface area contributed by atoms with Gasteiger partial charge in [-0.1, -0.05) is 19.1 Å². The van der Waals surface area contributed by atoms with Crippen molar-refractivity contribution in [1.29, 1.82) is 0 Å². The van der Waals surface area contributed by atoms with Crippen LogP contribution in [-0.2, 0) is 26.6 Å². The zero-order valence-corrected chi connectivity index (χ0v) is 20.4. The van der Waals surface area contributed by atoms with Crippen molar-refractivity contribution < 1.29 is 27.4 Å². The van der Waals surface area contributed by atoms with Gasteiger partial charge in [0.2, 0.25) is 10.0 Å². The van der Waals surface area contributed by atoms with Crippen LogP contribution in [0.15, 0.2) is 60.0 Å². The molecule has 0 spiro atoms. The largest absolute Gasteiger partial charge is 0.508 e. The van der Waals surface area contributed by atoms with E-state index in [2.05, 4.69) is 13.5 Å². The molecule has 3 N–H and O–H groups in total. The van der Waals surface area contributed by atoms with Crippen LogP contribution < -0.4 is 5.14 Å². The van der Waals surface area contributed by atoms with Crippen molar-refractivity contribution in [2.75, 3.05) is 0 Å². The Morgan fingerprint density at radius 1 is 1.23 bits per heavy atom. The number of benzene rings is 2. The maximum atomic E-state index is 15.9. The summed E-state index contributed by atoms with van der Waals surface area (Å²) in [7, 11) is -3.85. The molecule has 3 aliphatic carbocycles. The summed E-state index contributed by atoms with van der Waals surface area (Å²) in [6.07, 6.45) is 3.51. The monoisotopic (exact) mass is 499 g/mol. The number of sulfonamides is 1. The van der Waals surface area contributed by atoms with Crippen LogP contribution in [0.1, 0.15) is 54.1 Å². The van der Waals surface area contributed by atoms with E-state index in [0.717, 1.165) is 24.0 Å². The first-order chi connectivity index (χ1) is 16.5. The molecule has 0 heterocycles. The van der Waals surface area contributed by atoms with Crippen LogP contribution >= 0.6 is 0 Å². The van der Waals surface area contributed by atoms with Crippen molar-refractivity contribution in [1.82, 2.24) is 0 Å². The number of primary sulfonamides is 1. The number of hydrogen-bond acceptors (Lipinski definition) is 5. The van der Waals surface area contributed by atoms with Gasteiger partial charge in [-0.3, -0.25) is 0 Å². The SMILES string of the molecule is C=C[C@]12CC[C@]3(C)C[C@H](OC(=O)c4ccc(S(N)(=O)=O)cc4)CC3C1[C@H](F)Cc1cc(O)ccc12. The zero-order chi connectivity index (χ0) is 25.2. The summed E-state index contributed by atoms with van der Waals surface area (Å²) in [5, 5.41) is 15.1. The van der Waals surface area contributed by atoms with E-state index in [1.54, 1.807) is 12.1 Å². The highest BCUT2D eigenvalue weighted by atomic mass is 32.2. The lowest BCUT2D eigenvalue weighted by Crippen LogP contribution is -2.54. The molecule has 5 rings (SSSR count). The van der Waals surface area contributed by atoms with Crippen LogP contribution in [0.2, 0.25) is 0 Å². The Hall–Kier alpha value is -2.71. The summed E-state index contributed by atoms with van der Waals surface area (Å²) in [5.74, 6) is -0.670. The van der Waals surface area contributed by atoms with Crippen LogP contribution in [0.5, 0.6) is 5.75 Å². The number of ether oxygens (including phenoxy) is 1. The molecule has 0 saturated heterocycles. The standard InChI is InChI=1S/C27H30FNO5S/c1-3-27-11-10-26(2)15-19(34-25(31)16-4-7-20(8-5-16)35(29,32)33)14-22(26)24(27)23(28)13-17-12-18(30)6-9-21(17)27/h3-9,12,19,22-24,30H,1,10-11,13-15H2,2H3,(H2,29,32,33)/t19-,22?,23-,24?,26-,27-/m1/s1. The third-order valence-corrected chi connectivity index (χ3v) is 9.62. The van der Waals surface area contributed by atoms with Crippen molar-refractivity contribution in [3.63, 3.8) is 0 Å². The number of phenols is 1. The fourth-order valence-corrected chi connectivity index (χ4v) is 7.59. The minimum atomic E-state index is -3.85. The summed E-state index contributed by atoms with van der Waals surface area (Å²) in [4.78, 5) is 12.7. The van der Waals surface area contributed by atoms with E-state index in [9.17, 15) is 18.3 Å². The minimum absolute atomic E-state index is 0.00811. The molecule has 6 nitrogen and oxygen atoms in total. The molecular weight excluding hydrogens is 469 g/mol. The number of esters is 1. The number of aromatic hydroxyl groups is 1. The summed E-state index contributed by atoms with van der Waals surface area (Å²) < 4.78 is 44.6. The van der Waals surface area contributed by atoms with Gasteiger partial charge in [-0.15, -0.1) is 6.58 Å². The molecule has 2 aromatic rings. The Morgan fingerprint density at radius 3 is 2.60 bits per heavy atom. The van der Waals surface area contributed by atoms with Crippen molar-refractivity contribution >= 4 is 16.0 Å². The van der Waals surface area contributed by atoms with E-state index < -0.39 is 27.6 Å². The number of halogens is 1. The van der Waals surface area contributed by atoms with E-state index >= 15 is 4.39 Å². The molecule has 3 aliphatic rings. The molecule has 0 bridgehead atoms. The molecule has 6 atom stereocenters. The first-order valence-electron chi connectivity index (χ1n) is 11.9. The van der Waals surface area contributed by atoms with E-state index in [1.165, 1.54) is 24.3 Å². The quantitative estimate of drug-likeness (QED) is 0.479. The average Bonchev–Trinajstić information content (AvgIpc) is 3.13. The highest BCUT2D eigenvalue weighted by Crippen LogP contribution is 2.64. The molecule has 0 radical (unpaired) electrons. The Bertz CT molecular complexity index is 1290. The van der Waals surface area contributed by atoms with Crippen molar-refractivity contribution in [3.8, 4) is 5.75 Å². The van der Waals surface area contributed by atoms with E-state index in [1.807, 2.05) is 12.1 Å². The van der Waals surface area contributed by atoms with Gasteiger partial charge in [0.05, 0.1) is 10.5 Å². The summed E-state index contributed by atoms with van der Waals surface area (Å²) in [6, 6.07) is 10.6. The fraction of sp³-hybridized carbons (Fsp3) is 0.444. The van der Waals surface area contributed by atoms with Gasteiger partial charge in [0.25, 0.3) is 0 Å². The van der Waals surface area contributed by atoms with Crippen LogP contribution in [0.4, 0.5) is 4.39 Å². The molecule has 0 aliphatic heterocycles. The Kier molecular flexibility index (Phi) is 5.60. The number of fused-ring (bicyclic) bond motifs is 5. The predicted molar refractivity (Wildman–Crippen MR) is 129 cm³/mol. The predicted octanol–water partition coefficient (Wildman–Crippen LogP) is 4.41. The summed E-state index contributed by atoms with van der Waals surface area (Å²) in [6.45, 7) is 6.28. The Labute approximate surface area is 205 Å². The van der Waals surface area contributed by atoms with Gasteiger partial charge in [-0.2, -0.15) is 0 Å². The summed E-state index contributed by atoms with van der Waals surface area (Å²) in [5.41, 5.74) is 1.43. The van der Waals surface area contributed by atoms with Crippen molar-refractivity contribution in [2.45, 2.75) is 61.6 Å². The molecule has 2 unspecified atom stereocenters. The lowest BCUT2D eigenvalue weighted by Gasteiger charge is -2.56. The number of carbonyl (C=O) groups is 1. The molecule has 2 fully saturated rings. The van der Waals surface area contributed by atoms with Gasteiger partial charge < -0.3 is 9.84 Å². The highest BCUT2D eigenvalue weighted by molar-refractivity contribution is 7.89. The molecular formula is C27H30FNO5S. The van der Waals surface area contributed by atoms with E-state index in [-0.39, 0.29) is 46.0 Å². The van der Waals surface area contributed by atoms with Crippen LogP contribution in [0.3, 0.4) is 0 Å². The van der Waals surface area contributed by atoms with Gasteiger partial charge in [0.1, 0.15) is 18.0 Å². The molecule has 2 saturated carbocycles. The lowest BCUT2D eigenvalue weighted by molar-refractivity contribution is -0.0177. The topological polar surface area (TPSA) is 107 Å². The average molecular weight is 500 g/mol. The number of allylic oxidation sites excluding steroid dienone is 1. The van der Waals surface area contributed by atoms with Crippen LogP contribution in [0, 0.1) is 17.3 Å². The lowest BCUT2D eigenvalue weighted by atomic mass is 9.48. The first-order valence-corrected chi connectivity index (χ1v) is 13.5. The molecule has 186 valence electrons. The second-order valence-corrected chi connectivity index (χ2v) is 12.2. The Balaban J connectivity index is 1.40. The number of carbonyl (C=O) groups excluding carboxylic acids is 1. The number of rotatable bonds is 4.